The highest BCUT2D eigenvalue weighted by Crippen LogP contribution is 2.24. The van der Waals surface area contributed by atoms with Crippen LogP contribution in [0.5, 0.6) is 0 Å². The van der Waals surface area contributed by atoms with Crippen molar-refractivity contribution in [2.45, 2.75) is 12.7 Å². The lowest BCUT2D eigenvalue weighted by Gasteiger charge is -2.03. The second kappa shape index (κ2) is 8.46. The molecule has 1 N–H and O–H groups in total. The van der Waals surface area contributed by atoms with Gasteiger partial charge < -0.3 is 5.32 Å². The normalized spacial score (nSPS) is 10.7. The standard InChI is InChI=1S/C18H18N2OS3/c1-13-2-4-15(5-3-13)18-20-16(12-24-18)17(21)19-7-9-23-11-14-6-8-22-10-14/h2-6,8,10,12H,7,9,11H2,1H3,(H,19,21). The molecule has 24 heavy (non-hydrogen) atoms. The molecule has 6 heteroatoms. The molecule has 0 saturated heterocycles. The Morgan fingerprint density at radius 2 is 2.04 bits per heavy atom. The van der Waals surface area contributed by atoms with Gasteiger partial charge >= 0.3 is 0 Å². The van der Waals surface area contributed by atoms with Crippen LogP contribution in [0.25, 0.3) is 10.6 Å². The molecule has 2 aromatic heterocycles. The van der Waals surface area contributed by atoms with Crippen LogP contribution >= 0.6 is 34.4 Å². The first-order chi connectivity index (χ1) is 11.7. The molecule has 2 heterocycles. The Kier molecular flexibility index (Phi) is 6.07. The van der Waals surface area contributed by atoms with Gasteiger partial charge in [0, 0.05) is 29.0 Å². The summed E-state index contributed by atoms with van der Waals surface area (Å²) in [6, 6.07) is 10.3. The van der Waals surface area contributed by atoms with Gasteiger partial charge in [-0.05, 0) is 29.3 Å². The summed E-state index contributed by atoms with van der Waals surface area (Å²) in [5.74, 6) is 1.80. The molecular weight excluding hydrogens is 356 g/mol. The molecular formula is C18H18N2OS3. The van der Waals surface area contributed by atoms with E-state index in [4.69, 9.17) is 0 Å². The molecule has 0 radical (unpaired) electrons. The fourth-order valence-electron chi connectivity index (χ4n) is 2.10. The second-order valence-electron chi connectivity index (χ2n) is 5.34. The van der Waals surface area contributed by atoms with Gasteiger partial charge in [-0.1, -0.05) is 29.8 Å². The average molecular weight is 375 g/mol. The average Bonchev–Trinajstić information content (AvgIpc) is 3.27. The summed E-state index contributed by atoms with van der Waals surface area (Å²) in [7, 11) is 0. The molecule has 3 aromatic rings. The number of amides is 1. The summed E-state index contributed by atoms with van der Waals surface area (Å²) in [6.07, 6.45) is 0. The number of nitrogens with zero attached hydrogens (tertiary/aromatic N) is 1. The van der Waals surface area contributed by atoms with Gasteiger partial charge in [0.2, 0.25) is 0 Å². The minimum absolute atomic E-state index is 0.0965. The summed E-state index contributed by atoms with van der Waals surface area (Å²) in [5.41, 5.74) is 4.11. The fourth-order valence-corrected chi connectivity index (χ4v) is 4.49. The van der Waals surface area contributed by atoms with Crippen LogP contribution in [0.15, 0.2) is 46.5 Å². The van der Waals surface area contributed by atoms with Crippen molar-refractivity contribution in [3.8, 4) is 10.6 Å². The van der Waals surface area contributed by atoms with E-state index >= 15 is 0 Å². The highest BCUT2D eigenvalue weighted by molar-refractivity contribution is 7.98. The van der Waals surface area contributed by atoms with Crippen LogP contribution in [0.3, 0.4) is 0 Å². The Balaban J connectivity index is 1.46. The number of carbonyl (C=O) groups is 1. The highest BCUT2D eigenvalue weighted by Gasteiger charge is 2.11. The number of thiazole rings is 1. The molecule has 0 bridgehead atoms. The molecule has 0 aliphatic carbocycles. The van der Waals surface area contributed by atoms with E-state index in [0.717, 1.165) is 22.1 Å². The third-order valence-electron chi connectivity index (χ3n) is 3.42. The molecule has 0 aliphatic heterocycles. The van der Waals surface area contributed by atoms with Crippen molar-refractivity contribution >= 4 is 40.3 Å². The van der Waals surface area contributed by atoms with E-state index in [2.05, 4.69) is 46.2 Å². The van der Waals surface area contributed by atoms with Crippen molar-refractivity contribution in [3.05, 3.63) is 63.3 Å². The predicted molar refractivity (Wildman–Crippen MR) is 105 cm³/mol. The summed E-state index contributed by atoms with van der Waals surface area (Å²) in [4.78, 5) is 16.6. The van der Waals surface area contributed by atoms with E-state index in [1.165, 1.54) is 22.5 Å². The molecule has 0 saturated carbocycles. The van der Waals surface area contributed by atoms with E-state index < -0.39 is 0 Å². The van der Waals surface area contributed by atoms with E-state index in [-0.39, 0.29) is 5.91 Å². The van der Waals surface area contributed by atoms with Crippen LogP contribution < -0.4 is 5.32 Å². The van der Waals surface area contributed by atoms with Crippen LogP contribution in [0, 0.1) is 6.92 Å². The number of benzene rings is 1. The Labute approximate surface area is 154 Å². The zero-order valence-corrected chi connectivity index (χ0v) is 15.8. The Morgan fingerprint density at radius 3 is 2.79 bits per heavy atom. The third-order valence-corrected chi connectivity index (χ3v) is 6.07. The number of carbonyl (C=O) groups excluding carboxylic acids is 1. The lowest BCUT2D eigenvalue weighted by molar-refractivity contribution is 0.0952. The van der Waals surface area contributed by atoms with Crippen molar-refractivity contribution in [1.29, 1.82) is 0 Å². The summed E-state index contributed by atoms with van der Waals surface area (Å²) >= 11 is 5.05. The maximum absolute atomic E-state index is 12.2. The first-order valence-corrected chi connectivity index (χ1v) is 10.6. The second-order valence-corrected chi connectivity index (χ2v) is 8.09. The summed E-state index contributed by atoms with van der Waals surface area (Å²) in [6.45, 7) is 2.71. The number of rotatable bonds is 7. The summed E-state index contributed by atoms with van der Waals surface area (Å²) in [5, 5.41) is 9.89. The monoisotopic (exact) mass is 374 g/mol. The van der Waals surface area contributed by atoms with Gasteiger partial charge in [0.05, 0.1) is 0 Å². The fraction of sp³-hybridized carbons (Fsp3) is 0.222. The zero-order chi connectivity index (χ0) is 16.8. The lowest BCUT2D eigenvalue weighted by Crippen LogP contribution is -2.26. The lowest BCUT2D eigenvalue weighted by atomic mass is 10.2. The van der Waals surface area contributed by atoms with Crippen LogP contribution in [-0.2, 0) is 5.75 Å². The number of aryl methyl sites for hydroxylation is 1. The Hall–Kier alpha value is -1.63. The molecule has 0 aliphatic rings. The Morgan fingerprint density at radius 1 is 1.21 bits per heavy atom. The maximum atomic E-state index is 12.2. The number of aromatic nitrogens is 1. The van der Waals surface area contributed by atoms with Crippen LogP contribution in [0.2, 0.25) is 0 Å². The number of thioether (sulfide) groups is 1. The van der Waals surface area contributed by atoms with E-state index in [1.807, 2.05) is 29.3 Å². The zero-order valence-electron chi connectivity index (χ0n) is 13.3. The number of hydrogen-bond acceptors (Lipinski definition) is 5. The molecule has 1 amide bonds. The number of hydrogen-bond donors (Lipinski definition) is 1. The molecule has 124 valence electrons. The van der Waals surface area contributed by atoms with Gasteiger partial charge in [-0.15, -0.1) is 11.3 Å². The van der Waals surface area contributed by atoms with Crippen LogP contribution in [0.1, 0.15) is 21.6 Å². The quantitative estimate of drug-likeness (QED) is 0.602. The SMILES string of the molecule is Cc1ccc(-c2nc(C(=O)NCCSCc3ccsc3)cs2)cc1. The Bertz CT molecular complexity index is 779. The van der Waals surface area contributed by atoms with Gasteiger partial charge in [-0.3, -0.25) is 4.79 Å². The minimum atomic E-state index is -0.0965. The van der Waals surface area contributed by atoms with Crippen molar-refractivity contribution in [3.63, 3.8) is 0 Å². The first kappa shape index (κ1) is 17.2. The number of nitrogens with one attached hydrogen (secondary N) is 1. The van der Waals surface area contributed by atoms with E-state index in [1.54, 1.807) is 11.3 Å². The van der Waals surface area contributed by atoms with Crippen molar-refractivity contribution in [1.82, 2.24) is 10.3 Å². The third kappa shape index (κ3) is 4.69. The molecule has 0 unspecified atom stereocenters. The van der Waals surface area contributed by atoms with Crippen molar-refractivity contribution < 1.29 is 4.79 Å². The number of thiophene rings is 1. The van der Waals surface area contributed by atoms with Gasteiger partial charge in [-0.25, -0.2) is 4.98 Å². The van der Waals surface area contributed by atoms with E-state index in [9.17, 15) is 4.79 Å². The molecule has 0 spiro atoms. The van der Waals surface area contributed by atoms with Gasteiger partial charge in [-0.2, -0.15) is 23.1 Å². The topological polar surface area (TPSA) is 42.0 Å². The van der Waals surface area contributed by atoms with Gasteiger partial charge in [0.1, 0.15) is 10.7 Å². The largest absolute Gasteiger partial charge is 0.350 e. The van der Waals surface area contributed by atoms with E-state index in [0.29, 0.717) is 12.2 Å². The maximum Gasteiger partial charge on any atom is 0.270 e. The molecule has 1 aromatic carbocycles. The molecule has 3 rings (SSSR count). The van der Waals surface area contributed by atoms with Gasteiger partial charge in [0.25, 0.3) is 5.91 Å². The first-order valence-electron chi connectivity index (χ1n) is 7.62. The smallest absolute Gasteiger partial charge is 0.270 e. The molecule has 0 atom stereocenters. The molecule has 3 nitrogen and oxygen atoms in total. The molecule has 0 fully saturated rings. The van der Waals surface area contributed by atoms with Crippen LogP contribution in [-0.4, -0.2) is 23.2 Å². The summed E-state index contributed by atoms with van der Waals surface area (Å²) < 4.78 is 0. The minimum Gasteiger partial charge on any atom is -0.350 e. The van der Waals surface area contributed by atoms with Gasteiger partial charge in [0.15, 0.2) is 0 Å². The highest BCUT2D eigenvalue weighted by atomic mass is 32.2. The van der Waals surface area contributed by atoms with Crippen molar-refractivity contribution in [2.75, 3.05) is 12.3 Å². The van der Waals surface area contributed by atoms with Crippen molar-refractivity contribution in [2.24, 2.45) is 0 Å². The van der Waals surface area contributed by atoms with Crippen LogP contribution in [0.4, 0.5) is 0 Å². The predicted octanol–water partition coefficient (Wildman–Crippen LogP) is 4.84.